The molecule has 2 aliphatic heterocycles. The Labute approximate surface area is 128 Å². The molecule has 2 heterocycles. The van der Waals surface area contributed by atoms with Crippen LogP contribution in [0.25, 0.3) is 0 Å². The minimum Gasteiger partial charge on any atom is -0.466 e. The van der Waals surface area contributed by atoms with Crippen LogP contribution in [0.4, 0.5) is 0 Å². The van der Waals surface area contributed by atoms with Crippen molar-refractivity contribution < 1.29 is 29.3 Å². The quantitative estimate of drug-likeness (QED) is 0.541. The van der Waals surface area contributed by atoms with Crippen molar-refractivity contribution in [1.29, 1.82) is 0 Å². The van der Waals surface area contributed by atoms with Gasteiger partial charge in [-0.2, -0.15) is 0 Å². The molecule has 0 amide bonds. The number of ether oxygens (including phenoxy) is 2. The van der Waals surface area contributed by atoms with Gasteiger partial charge in [-0.05, 0) is 37.1 Å². The van der Waals surface area contributed by atoms with Gasteiger partial charge >= 0.3 is 0 Å². The number of unbranched alkanes of at least 4 members (excludes halogenated alkanes) is 1. The lowest BCUT2D eigenvalue weighted by Crippen LogP contribution is -2.52. The maximum absolute atomic E-state index is 12.7. The van der Waals surface area contributed by atoms with Gasteiger partial charge in [-0.15, -0.1) is 0 Å². The number of aliphatic hydroxyl groups is 2. The molecule has 2 rings (SSSR count). The summed E-state index contributed by atoms with van der Waals surface area (Å²) in [5, 5.41) is 20.9. The highest BCUT2D eigenvalue weighted by Crippen LogP contribution is 2.33. The van der Waals surface area contributed by atoms with Gasteiger partial charge in [0.1, 0.15) is 6.29 Å². The molecule has 0 aromatic rings. The molecular weight excluding hydrogens is 288 g/mol. The van der Waals surface area contributed by atoms with Crippen molar-refractivity contribution in [2.24, 2.45) is 5.92 Å². The Balaban J connectivity index is 2.23. The number of Topliss-reactive ketones (excluding diaryl/α,β-unsaturated/α-hetero) is 1. The molecule has 0 bridgehead atoms. The highest BCUT2D eigenvalue weighted by Gasteiger charge is 2.50. The van der Waals surface area contributed by atoms with Gasteiger partial charge in [-0.25, -0.2) is 0 Å². The molecule has 6 heteroatoms. The summed E-state index contributed by atoms with van der Waals surface area (Å²) in [5.41, 5.74) is 0. The van der Waals surface area contributed by atoms with E-state index in [0.717, 1.165) is 6.29 Å². The standard InChI is InChI=1S/C16H18O6/c17-10-4-1-7-13(15(19)8-2-5-11-21-15)14(18)16(20)9-3-6-12-22-16/h2-3,5-6,8-13,19-20H,1,4,7H2. The van der Waals surface area contributed by atoms with E-state index < -0.39 is 23.3 Å². The van der Waals surface area contributed by atoms with Crippen LogP contribution in [0.3, 0.4) is 0 Å². The van der Waals surface area contributed by atoms with Gasteiger partial charge in [-0.1, -0.05) is 12.2 Å². The van der Waals surface area contributed by atoms with Gasteiger partial charge in [0.2, 0.25) is 11.6 Å². The topological polar surface area (TPSA) is 93.1 Å². The number of hydrogen-bond donors (Lipinski definition) is 2. The van der Waals surface area contributed by atoms with Crippen LogP contribution in [0.5, 0.6) is 0 Å². The molecule has 0 aromatic heterocycles. The Morgan fingerprint density at radius 1 is 1.09 bits per heavy atom. The van der Waals surface area contributed by atoms with Crippen molar-refractivity contribution in [3.05, 3.63) is 49.0 Å². The van der Waals surface area contributed by atoms with Crippen LogP contribution < -0.4 is 0 Å². The number of rotatable bonds is 7. The number of hydrogen-bond acceptors (Lipinski definition) is 6. The molecule has 22 heavy (non-hydrogen) atoms. The number of ketones is 1. The van der Waals surface area contributed by atoms with Crippen LogP contribution in [0.1, 0.15) is 19.3 Å². The third-order valence-corrected chi connectivity index (χ3v) is 3.52. The summed E-state index contributed by atoms with van der Waals surface area (Å²) >= 11 is 0. The first-order valence-corrected chi connectivity index (χ1v) is 6.99. The average molecular weight is 306 g/mol. The second-order valence-electron chi connectivity index (χ2n) is 5.07. The van der Waals surface area contributed by atoms with Crippen LogP contribution in [-0.4, -0.2) is 33.9 Å². The Hall–Kier alpha value is -2.18. The monoisotopic (exact) mass is 306 g/mol. The third kappa shape index (κ3) is 3.35. The van der Waals surface area contributed by atoms with Crippen molar-refractivity contribution in [3.63, 3.8) is 0 Å². The van der Waals surface area contributed by atoms with Gasteiger partial charge in [0.15, 0.2) is 0 Å². The normalized spacial score (nSPS) is 30.5. The number of aldehydes is 1. The first-order chi connectivity index (χ1) is 10.5. The van der Waals surface area contributed by atoms with Crippen molar-refractivity contribution in [3.8, 4) is 0 Å². The lowest BCUT2D eigenvalue weighted by molar-refractivity contribution is -0.205. The summed E-state index contributed by atoms with van der Waals surface area (Å²) in [4.78, 5) is 23.2. The molecule has 3 unspecified atom stereocenters. The zero-order valence-corrected chi connectivity index (χ0v) is 11.9. The van der Waals surface area contributed by atoms with E-state index in [1.807, 2.05) is 0 Å². The maximum atomic E-state index is 12.7. The van der Waals surface area contributed by atoms with Gasteiger partial charge < -0.3 is 24.5 Å². The summed E-state index contributed by atoms with van der Waals surface area (Å²) in [6, 6.07) is 0. The third-order valence-electron chi connectivity index (χ3n) is 3.52. The van der Waals surface area contributed by atoms with E-state index in [1.165, 1.54) is 36.8 Å². The molecule has 3 atom stereocenters. The summed E-state index contributed by atoms with van der Waals surface area (Å²) in [6.45, 7) is 0. The molecule has 0 aromatic carbocycles. The van der Waals surface area contributed by atoms with E-state index in [0.29, 0.717) is 6.42 Å². The maximum Gasteiger partial charge on any atom is 0.288 e. The van der Waals surface area contributed by atoms with Gasteiger partial charge in [0.05, 0.1) is 18.4 Å². The highest BCUT2D eigenvalue weighted by molar-refractivity contribution is 5.91. The van der Waals surface area contributed by atoms with Gasteiger partial charge in [0.25, 0.3) is 5.79 Å². The summed E-state index contributed by atoms with van der Waals surface area (Å²) in [6.07, 6.45) is 12.6. The lowest BCUT2D eigenvalue weighted by atomic mass is 9.84. The molecule has 0 aliphatic carbocycles. The Bertz CT molecular complexity index is 547. The van der Waals surface area contributed by atoms with Crippen molar-refractivity contribution in [2.75, 3.05) is 0 Å². The fraction of sp³-hybridized carbons (Fsp3) is 0.375. The molecule has 2 aliphatic rings. The molecule has 0 saturated heterocycles. The van der Waals surface area contributed by atoms with Crippen LogP contribution >= 0.6 is 0 Å². The Morgan fingerprint density at radius 3 is 2.32 bits per heavy atom. The Morgan fingerprint density at radius 2 is 1.77 bits per heavy atom. The van der Waals surface area contributed by atoms with Gasteiger partial charge in [0, 0.05) is 6.42 Å². The number of carbonyl (C=O) groups excluding carboxylic acids is 2. The second kappa shape index (κ2) is 6.72. The minimum absolute atomic E-state index is 0.162. The van der Waals surface area contributed by atoms with E-state index in [1.54, 1.807) is 12.2 Å². The van der Waals surface area contributed by atoms with Crippen molar-refractivity contribution in [1.82, 2.24) is 0 Å². The summed E-state index contributed by atoms with van der Waals surface area (Å²) in [7, 11) is 0. The second-order valence-corrected chi connectivity index (χ2v) is 5.07. The zero-order chi connectivity index (χ0) is 16.1. The van der Waals surface area contributed by atoms with Crippen molar-refractivity contribution in [2.45, 2.75) is 30.8 Å². The van der Waals surface area contributed by atoms with Crippen LogP contribution in [-0.2, 0) is 19.1 Å². The van der Waals surface area contributed by atoms with E-state index in [9.17, 15) is 19.8 Å². The lowest BCUT2D eigenvalue weighted by Gasteiger charge is -2.36. The number of allylic oxidation sites excluding steroid dienone is 4. The molecule has 2 N–H and O–H groups in total. The summed E-state index contributed by atoms with van der Waals surface area (Å²) in [5.74, 6) is -5.87. The predicted molar refractivity (Wildman–Crippen MR) is 77.0 cm³/mol. The fourth-order valence-electron chi connectivity index (χ4n) is 2.36. The predicted octanol–water partition coefficient (Wildman–Crippen LogP) is 1.12. The van der Waals surface area contributed by atoms with Crippen molar-refractivity contribution >= 4 is 12.1 Å². The van der Waals surface area contributed by atoms with E-state index >= 15 is 0 Å². The van der Waals surface area contributed by atoms with Gasteiger partial charge in [-0.3, -0.25) is 4.79 Å². The van der Waals surface area contributed by atoms with Crippen LogP contribution in [0.2, 0.25) is 0 Å². The molecule has 0 spiro atoms. The molecule has 0 fully saturated rings. The number of carbonyl (C=O) groups is 2. The van der Waals surface area contributed by atoms with Crippen LogP contribution in [0, 0.1) is 5.92 Å². The largest absolute Gasteiger partial charge is 0.466 e. The zero-order valence-electron chi connectivity index (χ0n) is 11.9. The first kappa shape index (κ1) is 16.2. The minimum atomic E-state index is -2.16. The van der Waals surface area contributed by atoms with E-state index in [-0.39, 0.29) is 12.8 Å². The summed E-state index contributed by atoms with van der Waals surface area (Å²) < 4.78 is 10.2. The smallest absolute Gasteiger partial charge is 0.288 e. The molecular formula is C16H18O6. The van der Waals surface area contributed by atoms with E-state index in [2.05, 4.69) is 0 Å². The average Bonchev–Trinajstić information content (AvgIpc) is 2.52. The Kier molecular flexibility index (Phi) is 4.95. The fourth-order valence-corrected chi connectivity index (χ4v) is 2.36. The SMILES string of the molecule is O=CCCCC(C(=O)C1(O)C=CC=CO1)C1(O)C=CC=CO1. The molecule has 118 valence electrons. The highest BCUT2D eigenvalue weighted by atomic mass is 16.6. The molecule has 0 saturated carbocycles. The first-order valence-electron chi connectivity index (χ1n) is 6.99. The molecule has 0 radical (unpaired) electrons. The van der Waals surface area contributed by atoms with E-state index in [4.69, 9.17) is 9.47 Å². The molecule has 6 nitrogen and oxygen atoms in total. The van der Waals surface area contributed by atoms with Crippen LogP contribution in [0.15, 0.2) is 49.0 Å².